The Morgan fingerprint density at radius 3 is 2.06 bits per heavy atom. The van der Waals surface area contributed by atoms with E-state index in [9.17, 15) is 19.5 Å². The lowest BCUT2D eigenvalue weighted by Gasteiger charge is -2.26. The zero-order valence-electron chi connectivity index (χ0n) is 20.6. The van der Waals surface area contributed by atoms with Gasteiger partial charge < -0.3 is 14.6 Å². The number of ketones is 1. The maximum atomic E-state index is 13.4. The van der Waals surface area contributed by atoms with Crippen LogP contribution >= 0.6 is 0 Å². The minimum Gasteiger partial charge on any atom is -0.507 e. The van der Waals surface area contributed by atoms with Gasteiger partial charge in [-0.2, -0.15) is 0 Å². The number of aliphatic hydroxyl groups excluding tert-OH is 1. The molecule has 0 aliphatic carbocycles. The first-order chi connectivity index (χ1) is 17.2. The number of hydrogen-bond acceptors (Lipinski definition) is 6. The first kappa shape index (κ1) is 24.7. The van der Waals surface area contributed by atoms with Crippen molar-refractivity contribution in [2.45, 2.75) is 33.7 Å². The van der Waals surface area contributed by atoms with Crippen molar-refractivity contribution in [3.63, 3.8) is 0 Å². The summed E-state index contributed by atoms with van der Waals surface area (Å²) >= 11 is 0. The molecular formula is C29H27NO6. The SMILES string of the molecule is CCOc1ccc(/C(O)=C2\C(=O)C(=O)N(c3cc(C)cc(C)c3)C2c2ccc(OC(C)=O)cc2)cc1. The first-order valence-electron chi connectivity index (χ1n) is 11.6. The molecule has 1 aliphatic rings. The lowest BCUT2D eigenvalue weighted by molar-refractivity contribution is -0.132. The molecule has 3 aromatic carbocycles. The van der Waals surface area contributed by atoms with E-state index in [2.05, 4.69) is 0 Å². The molecule has 0 radical (unpaired) electrons. The molecular weight excluding hydrogens is 458 g/mol. The highest BCUT2D eigenvalue weighted by molar-refractivity contribution is 6.51. The van der Waals surface area contributed by atoms with Gasteiger partial charge in [-0.15, -0.1) is 0 Å². The molecule has 0 spiro atoms. The van der Waals surface area contributed by atoms with Crippen LogP contribution in [0.4, 0.5) is 5.69 Å². The van der Waals surface area contributed by atoms with Gasteiger partial charge in [-0.25, -0.2) is 0 Å². The zero-order chi connectivity index (χ0) is 26.0. The summed E-state index contributed by atoms with van der Waals surface area (Å²) in [7, 11) is 0. The van der Waals surface area contributed by atoms with Crippen LogP contribution in [0.1, 0.15) is 42.1 Å². The number of Topliss-reactive ketones (excluding diaryl/α,β-unsaturated/α-hetero) is 1. The summed E-state index contributed by atoms with van der Waals surface area (Å²) in [6, 6.07) is 18.0. The van der Waals surface area contributed by atoms with E-state index in [1.54, 1.807) is 48.5 Å². The van der Waals surface area contributed by atoms with Crippen molar-refractivity contribution < 1.29 is 29.0 Å². The first-order valence-corrected chi connectivity index (χ1v) is 11.6. The number of anilines is 1. The lowest BCUT2D eigenvalue weighted by atomic mass is 9.95. The molecule has 1 unspecified atom stereocenters. The van der Waals surface area contributed by atoms with Crippen molar-refractivity contribution in [2.24, 2.45) is 0 Å². The average Bonchev–Trinajstić information content (AvgIpc) is 3.09. The molecule has 36 heavy (non-hydrogen) atoms. The van der Waals surface area contributed by atoms with E-state index in [1.807, 2.05) is 39.0 Å². The quantitative estimate of drug-likeness (QED) is 0.168. The molecule has 1 heterocycles. The Balaban J connectivity index is 1.88. The molecule has 7 nitrogen and oxygen atoms in total. The largest absolute Gasteiger partial charge is 0.507 e. The zero-order valence-corrected chi connectivity index (χ0v) is 20.6. The molecule has 0 bridgehead atoms. The number of hydrogen-bond donors (Lipinski definition) is 1. The number of rotatable bonds is 6. The Hall–Kier alpha value is -4.39. The number of amides is 1. The van der Waals surface area contributed by atoms with Crippen LogP contribution in [0.5, 0.6) is 11.5 Å². The van der Waals surface area contributed by atoms with Crippen LogP contribution in [-0.2, 0) is 14.4 Å². The van der Waals surface area contributed by atoms with Crippen LogP contribution < -0.4 is 14.4 Å². The summed E-state index contributed by atoms with van der Waals surface area (Å²) in [6.45, 7) is 7.50. The highest BCUT2D eigenvalue weighted by Gasteiger charge is 2.47. The molecule has 4 rings (SSSR count). The highest BCUT2D eigenvalue weighted by Crippen LogP contribution is 2.43. The Morgan fingerprint density at radius 1 is 0.917 bits per heavy atom. The Morgan fingerprint density at radius 2 is 1.50 bits per heavy atom. The van der Waals surface area contributed by atoms with Crippen LogP contribution in [-0.4, -0.2) is 29.4 Å². The standard InChI is InChI=1S/C29H27NO6/c1-5-35-23-10-8-21(9-11-23)27(32)25-26(20-6-12-24(13-7-20)36-19(4)31)30(29(34)28(25)33)22-15-17(2)14-18(3)16-22/h6-16,26,32H,5H2,1-4H3/b27-25+. The normalized spacial score (nSPS) is 16.8. The van der Waals surface area contributed by atoms with Gasteiger partial charge in [0.15, 0.2) is 0 Å². The fraction of sp³-hybridized carbons (Fsp3) is 0.207. The van der Waals surface area contributed by atoms with Gasteiger partial charge in [0, 0.05) is 18.2 Å². The van der Waals surface area contributed by atoms with Crippen molar-refractivity contribution in [2.75, 3.05) is 11.5 Å². The number of aliphatic hydroxyl groups is 1. The van der Waals surface area contributed by atoms with Gasteiger partial charge in [0.1, 0.15) is 17.3 Å². The van der Waals surface area contributed by atoms with E-state index in [1.165, 1.54) is 11.8 Å². The molecule has 1 saturated heterocycles. The topological polar surface area (TPSA) is 93.1 Å². The molecule has 1 amide bonds. The monoisotopic (exact) mass is 485 g/mol. The molecule has 184 valence electrons. The second-order valence-corrected chi connectivity index (χ2v) is 8.64. The second kappa shape index (κ2) is 10.1. The number of benzene rings is 3. The summed E-state index contributed by atoms with van der Waals surface area (Å²) in [5, 5.41) is 11.3. The Kier molecular flexibility index (Phi) is 6.92. The van der Waals surface area contributed by atoms with Crippen LogP contribution in [0, 0.1) is 13.8 Å². The van der Waals surface area contributed by atoms with Gasteiger partial charge in [-0.05, 0) is 86.0 Å². The van der Waals surface area contributed by atoms with Gasteiger partial charge in [0.2, 0.25) is 0 Å². The van der Waals surface area contributed by atoms with Crippen LogP contribution in [0.25, 0.3) is 5.76 Å². The fourth-order valence-electron chi connectivity index (χ4n) is 4.42. The minimum atomic E-state index is -0.885. The predicted molar refractivity (Wildman–Crippen MR) is 136 cm³/mol. The average molecular weight is 486 g/mol. The molecule has 1 atom stereocenters. The molecule has 7 heteroatoms. The maximum Gasteiger partial charge on any atom is 0.308 e. The Labute approximate surface area is 209 Å². The molecule has 1 aliphatic heterocycles. The van der Waals surface area contributed by atoms with E-state index in [0.717, 1.165) is 11.1 Å². The molecule has 3 aromatic rings. The van der Waals surface area contributed by atoms with Gasteiger partial charge in [-0.1, -0.05) is 18.2 Å². The third-order valence-corrected chi connectivity index (χ3v) is 5.83. The maximum absolute atomic E-state index is 13.4. The summed E-state index contributed by atoms with van der Waals surface area (Å²) in [4.78, 5) is 39.4. The number of carbonyl (C=O) groups is 3. The van der Waals surface area contributed by atoms with Gasteiger partial charge >= 0.3 is 5.97 Å². The summed E-state index contributed by atoms with van der Waals surface area (Å²) in [5.74, 6) is -1.29. The number of ether oxygens (including phenoxy) is 2. The third kappa shape index (κ3) is 4.86. The van der Waals surface area contributed by atoms with E-state index in [4.69, 9.17) is 9.47 Å². The molecule has 1 fully saturated rings. The van der Waals surface area contributed by atoms with Crippen LogP contribution in [0.3, 0.4) is 0 Å². The number of nitrogens with zero attached hydrogens (tertiary/aromatic N) is 1. The fourth-order valence-corrected chi connectivity index (χ4v) is 4.42. The minimum absolute atomic E-state index is 0.0245. The summed E-state index contributed by atoms with van der Waals surface area (Å²) < 4.78 is 10.6. The van der Waals surface area contributed by atoms with Crippen molar-refractivity contribution >= 4 is 29.1 Å². The van der Waals surface area contributed by atoms with Crippen molar-refractivity contribution in [1.29, 1.82) is 0 Å². The van der Waals surface area contributed by atoms with E-state index >= 15 is 0 Å². The van der Waals surface area contributed by atoms with E-state index in [0.29, 0.717) is 34.9 Å². The predicted octanol–water partition coefficient (Wildman–Crippen LogP) is 5.25. The van der Waals surface area contributed by atoms with Gasteiger partial charge in [-0.3, -0.25) is 19.3 Å². The second-order valence-electron chi connectivity index (χ2n) is 8.64. The van der Waals surface area contributed by atoms with Crippen LogP contribution in [0.2, 0.25) is 0 Å². The van der Waals surface area contributed by atoms with Crippen LogP contribution in [0.15, 0.2) is 72.3 Å². The summed E-state index contributed by atoms with van der Waals surface area (Å²) in [6.07, 6.45) is 0. The van der Waals surface area contributed by atoms with E-state index in [-0.39, 0.29) is 11.3 Å². The smallest absolute Gasteiger partial charge is 0.308 e. The molecule has 0 aromatic heterocycles. The highest BCUT2D eigenvalue weighted by atomic mass is 16.5. The number of aryl methyl sites for hydroxylation is 2. The van der Waals surface area contributed by atoms with Crippen molar-refractivity contribution in [1.82, 2.24) is 0 Å². The molecule has 1 N–H and O–H groups in total. The van der Waals surface area contributed by atoms with Gasteiger partial charge in [0.25, 0.3) is 11.7 Å². The third-order valence-electron chi connectivity index (χ3n) is 5.83. The van der Waals surface area contributed by atoms with Gasteiger partial charge in [0.05, 0.1) is 18.2 Å². The lowest BCUT2D eigenvalue weighted by Crippen LogP contribution is -2.29. The van der Waals surface area contributed by atoms with Crippen molar-refractivity contribution in [3.8, 4) is 11.5 Å². The van der Waals surface area contributed by atoms with Crippen molar-refractivity contribution in [3.05, 3.63) is 94.6 Å². The number of carbonyl (C=O) groups excluding carboxylic acids is 3. The van der Waals surface area contributed by atoms with E-state index < -0.39 is 23.7 Å². The summed E-state index contributed by atoms with van der Waals surface area (Å²) in [5.41, 5.74) is 3.36. The molecule has 0 saturated carbocycles. The Bertz CT molecular complexity index is 1340. The number of esters is 1.